The van der Waals surface area contributed by atoms with Crippen molar-refractivity contribution in [3.05, 3.63) is 12.1 Å². The number of nitrogens with two attached hydrogens (primary N) is 1. The summed E-state index contributed by atoms with van der Waals surface area (Å²) in [4.78, 5) is 2.24. The molecule has 1 aliphatic heterocycles. The topological polar surface area (TPSA) is 68.2 Å². The molecule has 2 N–H and O–H groups in total. The summed E-state index contributed by atoms with van der Waals surface area (Å²) in [6.07, 6.45) is 1.23. The van der Waals surface area contributed by atoms with E-state index in [1.807, 2.05) is 12.1 Å². The van der Waals surface area contributed by atoms with Crippen LogP contribution in [0.25, 0.3) is 11.0 Å². The fourth-order valence-electron chi connectivity index (χ4n) is 1.68. The van der Waals surface area contributed by atoms with Gasteiger partial charge in [0.2, 0.25) is 0 Å². The van der Waals surface area contributed by atoms with Crippen LogP contribution in [0.3, 0.4) is 0 Å². The van der Waals surface area contributed by atoms with E-state index in [0.29, 0.717) is 11.2 Å². The maximum absolute atomic E-state index is 5.75. The summed E-state index contributed by atoms with van der Waals surface area (Å²) in [6, 6.07) is 3.82. The molecular formula is C9H10N4O. The first-order chi connectivity index (χ1) is 6.86. The predicted octanol–water partition coefficient (Wildman–Crippen LogP) is 1.02. The van der Waals surface area contributed by atoms with Gasteiger partial charge in [0.25, 0.3) is 0 Å². The minimum atomic E-state index is 0.616. The van der Waals surface area contributed by atoms with Crippen LogP contribution in [0.2, 0.25) is 0 Å². The number of fused-ring (bicyclic) bond motifs is 1. The fourth-order valence-corrected chi connectivity index (χ4v) is 1.68. The lowest BCUT2D eigenvalue weighted by Crippen LogP contribution is -2.37. The highest BCUT2D eigenvalue weighted by molar-refractivity contribution is 5.95. The number of nitrogen functional groups attached to an aromatic ring is 1. The second kappa shape index (κ2) is 2.60. The van der Waals surface area contributed by atoms with E-state index in [2.05, 4.69) is 15.2 Å². The molecule has 1 saturated heterocycles. The van der Waals surface area contributed by atoms with Gasteiger partial charge in [0.05, 0.1) is 11.4 Å². The second-order valence-electron chi connectivity index (χ2n) is 3.48. The molecular weight excluding hydrogens is 180 g/mol. The van der Waals surface area contributed by atoms with Gasteiger partial charge in [-0.15, -0.1) is 0 Å². The highest BCUT2D eigenvalue weighted by Crippen LogP contribution is 2.30. The number of benzene rings is 1. The number of hydrogen-bond acceptors (Lipinski definition) is 5. The van der Waals surface area contributed by atoms with E-state index in [1.54, 1.807) is 0 Å². The van der Waals surface area contributed by atoms with Crippen molar-refractivity contribution in [3.8, 4) is 0 Å². The Hall–Kier alpha value is -1.78. The van der Waals surface area contributed by atoms with Crippen LogP contribution in [0.1, 0.15) is 6.42 Å². The summed E-state index contributed by atoms with van der Waals surface area (Å²) in [5.74, 6) is 0. The van der Waals surface area contributed by atoms with Crippen LogP contribution in [-0.2, 0) is 0 Å². The van der Waals surface area contributed by atoms with E-state index in [9.17, 15) is 0 Å². The first-order valence-electron chi connectivity index (χ1n) is 4.62. The third-order valence-electron chi connectivity index (χ3n) is 2.62. The summed E-state index contributed by atoms with van der Waals surface area (Å²) in [6.45, 7) is 2.15. The molecule has 0 bridgehead atoms. The standard InChI is InChI=1S/C9H10N4O/c10-6-2-3-7(13-4-1-5-13)9-8(6)11-14-12-9/h2-3H,1,4-5,10H2. The monoisotopic (exact) mass is 190 g/mol. The molecule has 72 valence electrons. The van der Waals surface area contributed by atoms with E-state index in [4.69, 9.17) is 10.4 Å². The minimum absolute atomic E-state index is 0.616. The van der Waals surface area contributed by atoms with Crippen molar-refractivity contribution in [2.45, 2.75) is 6.42 Å². The molecule has 2 aromatic rings. The third kappa shape index (κ3) is 0.891. The van der Waals surface area contributed by atoms with Crippen molar-refractivity contribution < 1.29 is 4.63 Å². The quantitative estimate of drug-likeness (QED) is 0.680. The Morgan fingerprint density at radius 3 is 2.71 bits per heavy atom. The average Bonchev–Trinajstić information content (AvgIpc) is 2.55. The molecule has 0 spiro atoms. The largest absolute Gasteiger partial charge is 0.397 e. The molecule has 0 aliphatic carbocycles. The van der Waals surface area contributed by atoms with Crippen LogP contribution in [0.4, 0.5) is 11.4 Å². The van der Waals surface area contributed by atoms with E-state index in [0.717, 1.165) is 24.3 Å². The summed E-state index contributed by atoms with van der Waals surface area (Å²) in [5.41, 5.74) is 8.87. The molecule has 3 rings (SSSR count). The Morgan fingerprint density at radius 1 is 1.21 bits per heavy atom. The first kappa shape index (κ1) is 7.61. The maximum atomic E-state index is 5.75. The Kier molecular flexibility index (Phi) is 1.41. The number of hydrogen-bond donors (Lipinski definition) is 1. The van der Waals surface area contributed by atoms with Gasteiger partial charge in [0.1, 0.15) is 0 Å². The lowest BCUT2D eigenvalue weighted by atomic mass is 10.1. The summed E-state index contributed by atoms with van der Waals surface area (Å²) in [5, 5.41) is 7.66. The molecule has 1 fully saturated rings. The molecule has 1 aromatic carbocycles. The highest BCUT2D eigenvalue weighted by Gasteiger charge is 2.19. The van der Waals surface area contributed by atoms with Gasteiger partial charge < -0.3 is 10.6 Å². The third-order valence-corrected chi connectivity index (χ3v) is 2.62. The van der Waals surface area contributed by atoms with E-state index in [-0.39, 0.29) is 0 Å². The van der Waals surface area contributed by atoms with Crippen molar-refractivity contribution in [1.29, 1.82) is 0 Å². The van der Waals surface area contributed by atoms with Gasteiger partial charge in [-0.05, 0) is 28.9 Å². The van der Waals surface area contributed by atoms with Crippen molar-refractivity contribution in [1.82, 2.24) is 10.3 Å². The fraction of sp³-hybridized carbons (Fsp3) is 0.333. The van der Waals surface area contributed by atoms with Gasteiger partial charge >= 0.3 is 0 Å². The smallest absolute Gasteiger partial charge is 0.160 e. The number of rotatable bonds is 1. The second-order valence-corrected chi connectivity index (χ2v) is 3.48. The van der Waals surface area contributed by atoms with Crippen LogP contribution in [0, 0.1) is 0 Å². The Balaban J connectivity index is 2.23. The minimum Gasteiger partial charge on any atom is -0.397 e. The summed E-state index contributed by atoms with van der Waals surface area (Å²) < 4.78 is 4.70. The number of nitrogens with zero attached hydrogens (tertiary/aromatic N) is 3. The Morgan fingerprint density at radius 2 is 2.00 bits per heavy atom. The molecule has 0 saturated carbocycles. The van der Waals surface area contributed by atoms with E-state index >= 15 is 0 Å². The zero-order valence-electron chi connectivity index (χ0n) is 7.60. The SMILES string of the molecule is Nc1ccc(N2CCC2)c2nonc12. The first-order valence-corrected chi connectivity index (χ1v) is 4.62. The van der Waals surface area contributed by atoms with Crippen LogP contribution in [0.5, 0.6) is 0 Å². The molecule has 0 radical (unpaired) electrons. The zero-order valence-corrected chi connectivity index (χ0v) is 7.60. The van der Waals surface area contributed by atoms with Crippen molar-refractivity contribution in [2.75, 3.05) is 23.7 Å². The van der Waals surface area contributed by atoms with E-state index in [1.165, 1.54) is 6.42 Å². The normalized spacial score (nSPS) is 15.9. The number of anilines is 2. The maximum Gasteiger partial charge on any atom is 0.160 e. The molecule has 1 aromatic heterocycles. The number of aromatic nitrogens is 2. The summed E-state index contributed by atoms with van der Waals surface area (Å²) in [7, 11) is 0. The molecule has 0 amide bonds. The Bertz CT molecular complexity index is 475. The molecule has 2 heterocycles. The van der Waals surface area contributed by atoms with Crippen molar-refractivity contribution in [3.63, 3.8) is 0 Å². The van der Waals surface area contributed by atoms with E-state index < -0.39 is 0 Å². The molecule has 0 atom stereocenters. The molecule has 14 heavy (non-hydrogen) atoms. The van der Waals surface area contributed by atoms with Gasteiger partial charge in [-0.1, -0.05) is 0 Å². The molecule has 5 nitrogen and oxygen atoms in total. The van der Waals surface area contributed by atoms with Gasteiger partial charge in [-0.2, -0.15) is 0 Å². The zero-order chi connectivity index (χ0) is 9.54. The lowest BCUT2D eigenvalue weighted by molar-refractivity contribution is 0.315. The average molecular weight is 190 g/mol. The van der Waals surface area contributed by atoms with Crippen LogP contribution in [0.15, 0.2) is 16.8 Å². The van der Waals surface area contributed by atoms with Crippen molar-refractivity contribution in [2.24, 2.45) is 0 Å². The van der Waals surface area contributed by atoms with Crippen LogP contribution < -0.4 is 10.6 Å². The van der Waals surface area contributed by atoms with Gasteiger partial charge in [-0.3, -0.25) is 0 Å². The van der Waals surface area contributed by atoms with Crippen LogP contribution >= 0.6 is 0 Å². The van der Waals surface area contributed by atoms with Gasteiger partial charge in [0.15, 0.2) is 11.0 Å². The lowest BCUT2D eigenvalue weighted by Gasteiger charge is -2.32. The summed E-state index contributed by atoms with van der Waals surface area (Å²) >= 11 is 0. The molecule has 1 aliphatic rings. The predicted molar refractivity (Wildman–Crippen MR) is 53.0 cm³/mol. The van der Waals surface area contributed by atoms with Crippen molar-refractivity contribution >= 4 is 22.4 Å². The Labute approximate surface area is 80.4 Å². The molecule has 0 unspecified atom stereocenters. The molecule has 5 heteroatoms. The van der Waals surface area contributed by atoms with Gasteiger partial charge in [-0.25, -0.2) is 4.63 Å². The van der Waals surface area contributed by atoms with Gasteiger partial charge in [0, 0.05) is 13.1 Å². The van der Waals surface area contributed by atoms with Crippen LogP contribution in [-0.4, -0.2) is 23.4 Å². The highest BCUT2D eigenvalue weighted by atomic mass is 16.6.